The minimum atomic E-state index is -0.831. The van der Waals surface area contributed by atoms with Gasteiger partial charge in [-0.1, -0.05) is 13.8 Å². The molecule has 0 aromatic heterocycles. The standard InChI is InChI=1S/C22H21NO4/c1-13(2)12-22(23-3)18-8-6-14(20(24)26-4)10-16(18)17-11-15(21(25)27-5)7-9-19(17)22/h6-11,13H,12H2,1-2,4-5H3. The van der Waals surface area contributed by atoms with Gasteiger partial charge in [0.1, 0.15) is 0 Å². The Bertz CT molecular complexity index is 903. The van der Waals surface area contributed by atoms with Crippen molar-refractivity contribution in [3.63, 3.8) is 0 Å². The van der Waals surface area contributed by atoms with Crippen LogP contribution < -0.4 is 0 Å². The zero-order valence-electron chi connectivity index (χ0n) is 15.8. The van der Waals surface area contributed by atoms with Crippen LogP contribution in [0.25, 0.3) is 16.0 Å². The fraction of sp³-hybridized carbons (Fsp3) is 0.318. The van der Waals surface area contributed by atoms with E-state index in [2.05, 4.69) is 18.7 Å². The number of carbonyl (C=O) groups excluding carboxylic acids is 2. The molecule has 0 radical (unpaired) electrons. The van der Waals surface area contributed by atoms with Gasteiger partial charge in [0.25, 0.3) is 5.54 Å². The molecule has 0 amide bonds. The van der Waals surface area contributed by atoms with Crippen molar-refractivity contribution < 1.29 is 19.1 Å². The van der Waals surface area contributed by atoms with Crippen molar-refractivity contribution in [3.05, 3.63) is 70.1 Å². The molecule has 0 N–H and O–H groups in total. The van der Waals surface area contributed by atoms with Gasteiger partial charge in [0.2, 0.25) is 0 Å². The fourth-order valence-electron chi connectivity index (χ4n) is 3.87. The first kappa shape index (κ1) is 18.7. The van der Waals surface area contributed by atoms with E-state index in [9.17, 15) is 9.59 Å². The molecule has 1 aliphatic rings. The summed E-state index contributed by atoms with van der Waals surface area (Å²) in [6.45, 7) is 12.2. The number of ether oxygens (including phenoxy) is 2. The van der Waals surface area contributed by atoms with E-state index < -0.39 is 17.5 Å². The van der Waals surface area contributed by atoms with E-state index in [1.165, 1.54) is 14.2 Å². The number of hydrogen-bond acceptors (Lipinski definition) is 4. The fourth-order valence-corrected chi connectivity index (χ4v) is 3.87. The molecule has 0 saturated heterocycles. The molecule has 0 unspecified atom stereocenters. The van der Waals surface area contributed by atoms with Gasteiger partial charge in [0, 0.05) is 17.5 Å². The zero-order valence-corrected chi connectivity index (χ0v) is 15.8. The molecule has 1 aliphatic carbocycles. The topological polar surface area (TPSA) is 57.0 Å². The summed E-state index contributed by atoms with van der Waals surface area (Å²) < 4.78 is 9.67. The Morgan fingerprint density at radius 1 is 0.963 bits per heavy atom. The van der Waals surface area contributed by atoms with Gasteiger partial charge < -0.3 is 9.47 Å². The highest BCUT2D eigenvalue weighted by Crippen LogP contribution is 2.53. The van der Waals surface area contributed by atoms with E-state index in [-0.39, 0.29) is 0 Å². The molecular weight excluding hydrogens is 342 g/mol. The van der Waals surface area contributed by atoms with Gasteiger partial charge in [-0.2, -0.15) is 0 Å². The Morgan fingerprint density at radius 2 is 1.41 bits per heavy atom. The maximum Gasteiger partial charge on any atom is 0.337 e. The van der Waals surface area contributed by atoms with Gasteiger partial charge in [-0.05, 0) is 53.4 Å². The van der Waals surface area contributed by atoms with E-state index in [4.69, 9.17) is 16.0 Å². The number of rotatable bonds is 4. The van der Waals surface area contributed by atoms with Crippen LogP contribution in [0.5, 0.6) is 0 Å². The molecule has 5 heteroatoms. The van der Waals surface area contributed by atoms with Crippen LogP contribution in [0.3, 0.4) is 0 Å². The van der Waals surface area contributed by atoms with Crippen molar-refractivity contribution in [2.75, 3.05) is 14.2 Å². The van der Waals surface area contributed by atoms with Gasteiger partial charge in [0.05, 0.1) is 25.3 Å². The van der Waals surface area contributed by atoms with E-state index in [0.29, 0.717) is 23.5 Å². The lowest BCUT2D eigenvalue weighted by atomic mass is 9.81. The molecule has 0 atom stereocenters. The normalized spacial score (nSPS) is 13.5. The highest BCUT2D eigenvalue weighted by molar-refractivity contribution is 5.96. The molecular formula is C22H21NO4. The lowest BCUT2D eigenvalue weighted by Crippen LogP contribution is -2.23. The monoisotopic (exact) mass is 363 g/mol. The highest BCUT2D eigenvalue weighted by atomic mass is 16.5. The van der Waals surface area contributed by atoms with Gasteiger partial charge in [0.15, 0.2) is 0 Å². The molecule has 0 fully saturated rings. The summed E-state index contributed by atoms with van der Waals surface area (Å²) in [6.07, 6.45) is 0.644. The SMILES string of the molecule is [C-]#[N+]C1(CC(C)C)c2ccc(C(=O)OC)cc2-c2cc(C(=O)OC)ccc21. The third-order valence-corrected chi connectivity index (χ3v) is 4.96. The first-order valence-corrected chi connectivity index (χ1v) is 8.72. The second-order valence-corrected chi connectivity index (χ2v) is 7.07. The average Bonchev–Trinajstić information content (AvgIpc) is 2.95. The number of nitrogens with zero attached hydrogens (tertiary/aromatic N) is 1. The smallest absolute Gasteiger partial charge is 0.337 e. The molecule has 0 spiro atoms. The summed E-state index contributed by atoms with van der Waals surface area (Å²) in [6, 6.07) is 10.5. The number of carbonyl (C=O) groups is 2. The molecule has 2 aromatic rings. The quantitative estimate of drug-likeness (QED) is 0.595. The molecule has 27 heavy (non-hydrogen) atoms. The zero-order chi connectivity index (χ0) is 19.8. The van der Waals surface area contributed by atoms with Crippen LogP contribution >= 0.6 is 0 Å². The van der Waals surface area contributed by atoms with Crippen molar-refractivity contribution in [1.82, 2.24) is 0 Å². The lowest BCUT2D eigenvalue weighted by molar-refractivity contribution is 0.0591. The number of methoxy groups -OCH3 is 2. The van der Waals surface area contributed by atoms with Crippen molar-refractivity contribution in [1.29, 1.82) is 0 Å². The first-order valence-electron chi connectivity index (χ1n) is 8.72. The summed E-state index contributed by atoms with van der Waals surface area (Å²) in [5.74, 6) is -0.584. The molecule has 0 aliphatic heterocycles. The van der Waals surface area contributed by atoms with Gasteiger partial charge in [-0.15, -0.1) is 0 Å². The van der Waals surface area contributed by atoms with Crippen molar-refractivity contribution in [2.45, 2.75) is 25.8 Å². The molecule has 0 saturated carbocycles. The summed E-state index contributed by atoms with van der Waals surface area (Å²) in [5, 5.41) is 0. The van der Waals surface area contributed by atoms with Crippen molar-refractivity contribution in [2.24, 2.45) is 5.92 Å². The van der Waals surface area contributed by atoms with Crippen LogP contribution in [0.15, 0.2) is 36.4 Å². The number of esters is 2. The maximum atomic E-state index is 12.0. The number of benzene rings is 2. The summed E-state index contributed by atoms with van der Waals surface area (Å²) in [7, 11) is 2.67. The van der Waals surface area contributed by atoms with Crippen LogP contribution in [0.2, 0.25) is 0 Å². The Hall–Kier alpha value is -3.13. The predicted octanol–water partition coefficient (Wildman–Crippen LogP) is 4.45. The second-order valence-electron chi connectivity index (χ2n) is 7.07. The number of hydrogen-bond donors (Lipinski definition) is 0. The largest absolute Gasteiger partial charge is 0.465 e. The van der Waals surface area contributed by atoms with Crippen LogP contribution in [0.1, 0.15) is 52.1 Å². The maximum absolute atomic E-state index is 12.0. The minimum Gasteiger partial charge on any atom is -0.465 e. The molecule has 0 heterocycles. The van der Waals surface area contributed by atoms with Gasteiger partial charge >= 0.3 is 11.9 Å². The van der Waals surface area contributed by atoms with Crippen LogP contribution in [0, 0.1) is 12.5 Å². The van der Waals surface area contributed by atoms with Gasteiger partial charge in [-0.25, -0.2) is 16.2 Å². The van der Waals surface area contributed by atoms with E-state index in [1.807, 2.05) is 12.1 Å². The molecule has 0 bridgehead atoms. The van der Waals surface area contributed by atoms with Crippen LogP contribution in [-0.4, -0.2) is 26.2 Å². The van der Waals surface area contributed by atoms with E-state index in [1.54, 1.807) is 24.3 Å². The molecule has 138 valence electrons. The minimum absolute atomic E-state index is 0.290. The Labute approximate surface area is 158 Å². The molecule has 3 rings (SSSR count). The first-order chi connectivity index (χ1) is 12.9. The second kappa shape index (κ2) is 6.88. The highest BCUT2D eigenvalue weighted by Gasteiger charge is 2.50. The summed E-state index contributed by atoms with van der Waals surface area (Å²) in [5.41, 5.74) is 3.28. The van der Waals surface area contributed by atoms with Gasteiger partial charge in [-0.3, -0.25) is 4.85 Å². The van der Waals surface area contributed by atoms with E-state index >= 15 is 0 Å². The Balaban J connectivity index is 2.31. The van der Waals surface area contributed by atoms with Crippen molar-refractivity contribution >= 4 is 11.9 Å². The van der Waals surface area contributed by atoms with Crippen LogP contribution in [-0.2, 0) is 15.0 Å². The third-order valence-electron chi connectivity index (χ3n) is 4.96. The molecule has 5 nitrogen and oxygen atoms in total. The summed E-state index contributed by atoms with van der Waals surface area (Å²) >= 11 is 0. The Morgan fingerprint density at radius 3 is 1.74 bits per heavy atom. The summed E-state index contributed by atoms with van der Waals surface area (Å²) in [4.78, 5) is 28.0. The predicted molar refractivity (Wildman–Crippen MR) is 101 cm³/mol. The Kier molecular flexibility index (Phi) is 4.75. The van der Waals surface area contributed by atoms with E-state index in [0.717, 1.165) is 22.3 Å². The number of fused-ring (bicyclic) bond motifs is 3. The third kappa shape index (κ3) is 2.87. The average molecular weight is 363 g/mol. The molecule has 2 aromatic carbocycles. The van der Waals surface area contributed by atoms with Crippen LogP contribution in [0.4, 0.5) is 0 Å². The van der Waals surface area contributed by atoms with Crippen molar-refractivity contribution in [3.8, 4) is 11.1 Å². The lowest BCUT2D eigenvalue weighted by Gasteiger charge is -2.21.